The van der Waals surface area contributed by atoms with Gasteiger partial charge in [-0.2, -0.15) is 5.10 Å². The van der Waals surface area contributed by atoms with Gasteiger partial charge in [0.05, 0.1) is 24.4 Å². The smallest absolute Gasteiger partial charge is 0.240 e. The van der Waals surface area contributed by atoms with Crippen LogP contribution in [0.5, 0.6) is 0 Å². The molecule has 2 aromatic heterocycles. The number of nitrogens with zero attached hydrogens (tertiary/aromatic N) is 4. The lowest BCUT2D eigenvalue weighted by molar-refractivity contribution is -0.117. The predicted molar refractivity (Wildman–Crippen MR) is 109 cm³/mol. The Labute approximate surface area is 169 Å². The molecule has 28 heavy (non-hydrogen) atoms. The van der Waals surface area contributed by atoms with Crippen LogP contribution >= 0.6 is 11.3 Å². The summed E-state index contributed by atoms with van der Waals surface area (Å²) in [6, 6.07) is 1.93. The number of aliphatic hydroxyl groups excluding tert-OH is 1. The first-order valence-electron chi connectivity index (χ1n) is 9.95. The standard InChI is InChI=1S/C20H29N5O2S/c1-20(2,3)17-12-28-19(22-17)23-18(27)11-24-9-13-7-15(25-6-4-5-21-25)16(26)8-14(13)10-24/h4-6,12-16,26H,7-11H2,1-3H3,(H,22,23,27)/t13-,14+,15-,16-/m1/s1. The van der Waals surface area contributed by atoms with E-state index in [1.165, 1.54) is 11.3 Å². The van der Waals surface area contributed by atoms with Gasteiger partial charge in [-0.05, 0) is 30.7 Å². The highest BCUT2D eigenvalue weighted by Gasteiger charge is 2.42. The Hall–Kier alpha value is -1.77. The fourth-order valence-electron chi connectivity index (χ4n) is 4.43. The van der Waals surface area contributed by atoms with E-state index >= 15 is 0 Å². The van der Waals surface area contributed by atoms with Crippen molar-refractivity contribution in [3.63, 3.8) is 0 Å². The van der Waals surface area contributed by atoms with Crippen LogP contribution in [0.15, 0.2) is 23.8 Å². The van der Waals surface area contributed by atoms with Gasteiger partial charge in [-0.15, -0.1) is 11.3 Å². The van der Waals surface area contributed by atoms with Gasteiger partial charge in [-0.25, -0.2) is 4.98 Å². The number of hydrogen-bond donors (Lipinski definition) is 2. The summed E-state index contributed by atoms with van der Waals surface area (Å²) in [5.74, 6) is 0.928. The SMILES string of the molecule is CC(C)(C)c1csc(NC(=O)CN2C[C@H]3C[C@@H](n4cccn4)[C@H](O)C[C@H]3C2)n1. The third kappa shape index (κ3) is 4.14. The van der Waals surface area contributed by atoms with Gasteiger partial charge < -0.3 is 10.4 Å². The lowest BCUT2D eigenvalue weighted by atomic mass is 9.77. The molecule has 2 fully saturated rings. The maximum absolute atomic E-state index is 12.5. The minimum absolute atomic E-state index is 0.0161. The molecular formula is C20H29N5O2S. The van der Waals surface area contributed by atoms with Gasteiger partial charge in [0, 0.05) is 36.3 Å². The van der Waals surface area contributed by atoms with Crippen molar-refractivity contribution in [3.05, 3.63) is 29.5 Å². The second-order valence-corrected chi connectivity index (χ2v) is 10.0. The van der Waals surface area contributed by atoms with E-state index in [0.717, 1.165) is 31.6 Å². The minimum Gasteiger partial charge on any atom is -0.391 e. The number of nitrogens with one attached hydrogen (secondary N) is 1. The van der Waals surface area contributed by atoms with Gasteiger partial charge in [0.2, 0.25) is 5.91 Å². The Morgan fingerprint density at radius 1 is 1.32 bits per heavy atom. The molecule has 0 unspecified atom stereocenters. The van der Waals surface area contributed by atoms with Crippen LogP contribution in [0.3, 0.4) is 0 Å². The third-order valence-electron chi connectivity index (χ3n) is 5.94. The number of amides is 1. The molecule has 2 N–H and O–H groups in total. The molecular weight excluding hydrogens is 374 g/mol. The average Bonchev–Trinajstić information content (AvgIpc) is 3.32. The van der Waals surface area contributed by atoms with Crippen molar-refractivity contribution in [1.82, 2.24) is 19.7 Å². The first-order chi connectivity index (χ1) is 13.3. The van der Waals surface area contributed by atoms with Crippen LogP contribution in [0.4, 0.5) is 5.13 Å². The van der Waals surface area contributed by atoms with E-state index in [4.69, 9.17) is 0 Å². The molecule has 4 atom stereocenters. The number of hydrogen-bond acceptors (Lipinski definition) is 6. The molecule has 2 aromatic rings. The fourth-order valence-corrected chi connectivity index (χ4v) is 5.39. The average molecular weight is 404 g/mol. The minimum atomic E-state index is -0.374. The van der Waals surface area contributed by atoms with E-state index in [2.05, 4.69) is 41.1 Å². The highest BCUT2D eigenvalue weighted by atomic mass is 32.1. The molecule has 1 aliphatic carbocycles. The van der Waals surface area contributed by atoms with Crippen LogP contribution in [0.25, 0.3) is 0 Å². The summed E-state index contributed by atoms with van der Waals surface area (Å²) < 4.78 is 1.88. The van der Waals surface area contributed by atoms with Crippen molar-refractivity contribution in [1.29, 1.82) is 0 Å². The van der Waals surface area contributed by atoms with Crippen LogP contribution < -0.4 is 5.32 Å². The molecule has 2 aliphatic rings. The number of aromatic nitrogens is 3. The molecule has 0 aromatic carbocycles. The van der Waals surface area contributed by atoms with Crippen molar-refractivity contribution in [3.8, 4) is 0 Å². The molecule has 1 aliphatic heterocycles. The molecule has 0 bridgehead atoms. The zero-order valence-corrected chi connectivity index (χ0v) is 17.5. The maximum atomic E-state index is 12.5. The summed E-state index contributed by atoms with van der Waals surface area (Å²) in [7, 11) is 0. The molecule has 0 spiro atoms. The third-order valence-corrected chi connectivity index (χ3v) is 6.69. The summed E-state index contributed by atoms with van der Waals surface area (Å²) in [5.41, 5.74) is 0.981. The van der Waals surface area contributed by atoms with Crippen molar-refractivity contribution in [2.24, 2.45) is 11.8 Å². The Balaban J connectivity index is 1.32. The van der Waals surface area contributed by atoms with Gasteiger partial charge in [0.1, 0.15) is 0 Å². The molecule has 0 radical (unpaired) electrons. The quantitative estimate of drug-likeness (QED) is 0.820. The summed E-state index contributed by atoms with van der Waals surface area (Å²) in [5, 5.41) is 20.5. The van der Waals surface area contributed by atoms with Crippen molar-refractivity contribution in [2.45, 2.75) is 51.2 Å². The summed E-state index contributed by atoms with van der Waals surface area (Å²) >= 11 is 1.48. The molecule has 8 heteroatoms. The van der Waals surface area contributed by atoms with E-state index in [1.807, 2.05) is 22.3 Å². The van der Waals surface area contributed by atoms with Gasteiger partial charge in [-0.3, -0.25) is 14.4 Å². The van der Waals surface area contributed by atoms with Crippen molar-refractivity contribution < 1.29 is 9.90 Å². The zero-order chi connectivity index (χ0) is 19.9. The van der Waals surface area contributed by atoms with Crippen molar-refractivity contribution in [2.75, 3.05) is 25.0 Å². The number of aliphatic hydroxyl groups is 1. The molecule has 3 heterocycles. The monoisotopic (exact) mass is 403 g/mol. The summed E-state index contributed by atoms with van der Waals surface area (Å²) in [6.45, 7) is 8.49. The first kappa shape index (κ1) is 19.5. The maximum Gasteiger partial charge on any atom is 0.240 e. The van der Waals surface area contributed by atoms with Gasteiger partial charge >= 0.3 is 0 Å². The van der Waals surface area contributed by atoms with E-state index in [0.29, 0.717) is 23.5 Å². The summed E-state index contributed by atoms with van der Waals surface area (Å²) in [4.78, 5) is 19.3. The molecule has 4 rings (SSSR count). The van der Waals surface area contributed by atoms with Gasteiger partial charge in [-0.1, -0.05) is 20.8 Å². The highest BCUT2D eigenvalue weighted by Crippen LogP contribution is 2.41. The number of thiazole rings is 1. The number of carbonyl (C=O) groups is 1. The van der Waals surface area contributed by atoms with Crippen LogP contribution in [0.1, 0.15) is 45.3 Å². The number of likely N-dealkylation sites (tertiary alicyclic amines) is 1. The second-order valence-electron chi connectivity index (χ2n) is 9.14. The zero-order valence-electron chi connectivity index (χ0n) is 16.7. The molecule has 7 nitrogen and oxygen atoms in total. The van der Waals surface area contributed by atoms with Crippen LogP contribution in [0.2, 0.25) is 0 Å². The lowest BCUT2D eigenvalue weighted by Crippen LogP contribution is -2.36. The van der Waals surface area contributed by atoms with E-state index in [1.54, 1.807) is 6.20 Å². The second kappa shape index (κ2) is 7.57. The van der Waals surface area contributed by atoms with Gasteiger partial charge in [0.25, 0.3) is 0 Å². The normalized spacial score (nSPS) is 28.3. The Bertz CT molecular complexity index is 813. The summed E-state index contributed by atoms with van der Waals surface area (Å²) in [6.07, 6.45) is 4.99. The number of fused-ring (bicyclic) bond motifs is 1. The first-order valence-corrected chi connectivity index (χ1v) is 10.8. The molecule has 1 saturated carbocycles. The van der Waals surface area contributed by atoms with E-state index < -0.39 is 0 Å². The number of rotatable bonds is 4. The topological polar surface area (TPSA) is 83.3 Å². The molecule has 1 amide bonds. The Morgan fingerprint density at radius 3 is 2.71 bits per heavy atom. The van der Waals surface area contributed by atoms with E-state index in [-0.39, 0.29) is 23.5 Å². The Morgan fingerprint density at radius 2 is 2.07 bits per heavy atom. The largest absolute Gasteiger partial charge is 0.391 e. The highest BCUT2D eigenvalue weighted by molar-refractivity contribution is 7.13. The number of anilines is 1. The molecule has 152 valence electrons. The van der Waals surface area contributed by atoms with Gasteiger partial charge in [0.15, 0.2) is 5.13 Å². The van der Waals surface area contributed by atoms with Crippen LogP contribution in [0, 0.1) is 11.8 Å². The van der Waals surface area contributed by atoms with Crippen molar-refractivity contribution >= 4 is 22.4 Å². The predicted octanol–water partition coefficient (Wildman–Crippen LogP) is 2.52. The van der Waals surface area contributed by atoms with Crippen LogP contribution in [-0.2, 0) is 10.2 Å². The molecule has 1 saturated heterocycles. The Kier molecular flexibility index (Phi) is 5.28. The lowest BCUT2D eigenvalue weighted by Gasteiger charge is -2.35. The number of carbonyl (C=O) groups excluding carboxylic acids is 1. The van der Waals surface area contributed by atoms with E-state index in [9.17, 15) is 9.90 Å². The van der Waals surface area contributed by atoms with Crippen LogP contribution in [-0.4, -0.2) is 56.4 Å². The fraction of sp³-hybridized carbons (Fsp3) is 0.650.